The first-order chi connectivity index (χ1) is 7.75. The van der Waals surface area contributed by atoms with Gasteiger partial charge in [-0.3, -0.25) is 10.1 Å². The lowest BCUT2D eigenvalue weighted by Crippen LogP contribution is -2.15. The standard InChI is InChI=1S/C10H13N5O/c1-7-2-3-9(16)8(14-7)4-11-5-10-12-6-13-15-10/h2-3,6,11,16H,4-5H2,1H3,(H,12,13,15). The van der Waals surface area contributed by atoms with Crippen molar-refractivity contribution in [2.45, 2.75) is 20.0 Å². The van der Waals surface area contributed by atoms with Crippen molar-refractivity contribution in [1.29, 1.82) is 0 Å². The Morgan fingerprint density at radius 2 is 2.25 bits per heavy atom. The number of aromatic amines is 1. The van der Waals surface area contributed by atoms with Crippen molar-refractivity contribution in [3.63, 3.8) is 0 Å². The number of nitrogens with one attached hydrogen (secondary N) is 2. The van der Waals surface area contributed by atoms with E-state index in [4.69, 9.17) is 0 Å². The zero-order valence-corrected chi connectivity index (χ0v) is 8.94. The molecule has 2 aromatic rings. The van der Waals surface area contributed by atoms with E-state index >= 15 is 0 Å². The van der Waals surface area contributed by atoms with Crippen molar-refractivity contribution in [3.05, 3.63) is 35.7 Å². The van der Waals surface area contributed by atoms with Crippen LogP contribution in [0.5, 0.6) is 5.75 Å². The van der Waals surface area contributed by atoms with Crippen molar-refractivity contribution in [3.8, 4) is 5.75 Å². The predicted molar refractivity (Wildman–Crippen MR) is 57.6 cm³/mol. The van der Waals surface area contributed by atoms with Crippen molar-refractivity contribution in [2.75, 3.05) is 0 Å². The lowest BCUT2D eigenvalue weighted by atomic mass is 10.3. The molecular weight excluding hydrogens is 206 g/mol. The molecular formula is C10H13N5O. The first-order valence-electron chi connectivity index (χ1n) is 4.96. The van der Waals surface area contributed by atoms with E-state index < -0.39 is 0 Å². The highest BCUT2D eigenvalue weighted by atomic mass is 16.3. The fourth-order valence-electron chi connectivity index (χ4n) is 1.35. The van der Waals surface area contributed by atoms with Crippen LogP contribution in [0.1, 0.15) is 17.2 Å². The largest absolute Gasteiger partial charge is 0.506 e. The van der Waals surface area contributed by atoms with Gasteiger partial charge >= 0.3 is 0 Å². The van der Waals surface area contributed by atoms with E-state index in [1.807, 2.05) is 6.92 Å². The van der Waals surface area contributed by atoms with Crippen LogP contribution < -0.4 is 5.32 Å². The molecule has 2 aromatic heterocycles. The smallest absolute Gasteiger partial charge is 0.138 e. The summed E-state index contributed by atoms with van der Waals surface area (Å²) in [5.41, 5.74) is 1.52. The minimum Gasteiger partial charge on any atom is -0.506 e. The summed E-state index contributed by atoms with van der Waals surface area (Å²) in [5, 5.41) is 19.2. The van der Waals surface area contributed by atoms with E-state index in [9.17, 15) is 5.11 Å². The molecule has 0 spiro atoms. The van der Waals surface area contributed by atoms with Gasteiger partial charge in [0.1, 0.15) is 17.9 Å². The third kappa shape index (κ3) is 2.54. The molecule has 3 N–H and O–H groups in total. The van der Waals surface area contributed by atoms with Crippen LogP contribution >= 0.6 is 0 Å². The lowest BCUT2D eigenvalue weighted by Gasteiger charge is -2.05. The van der Waals surface area contributed by atoms with Crippen LogP contribution in [0.2, 0.25) is 0 Å². The Balaban J connectivity index is 1.92. The Morgan fingerprint density at radius 1 is 1.38 bits per heavy atom. The number of nitrogens with zero attached hydrogens (tertiary/aromatic N) is 3. The summed E-state index contributed by atoms with van der Waals surface area (Å²) in [6, 6.07) is 3.42. The van der Waals surface area contributed by atoms with Crippen molar-refractivity contribution in [1.82, 2.24) is 25.5 Å². The van der Waals surface area contributed by atoms with Gasteiger partial charge in [0.05, 0.1) is 12.2 Å². The summed E-state index contributed by atoms with van der Waals surface area (Å²) in [4.78, 5) is 8.21. The normalized spacial score (nSPS) is 10.6. The topological polar surface area (TPSA) is 86.7 Å². The SMILES string of the molecule is Cc1ccc(O)c(CNCc2ncn[nH]2)n1. The number of pyridine rings is 1. The maximum Gasteiger partial charge on any atom is 0.138 e. The second-order valence-corrected chi connectivity index (χ2v) is 3.45. The van der Waals surface area contributed by atoms with Crippen LogP contribution in [0.4, 0.5) is 0 Å². The van der Waals surface area contributed by atoms with Gasteiger partial charge in [0.25, 0.3) is 0 Å². The van der Waals surface area contributed by atoms with E-state index in [0.29, 0.717) is 18.8 Å². The van der Waals surface area contributed by atoms with Gasteiger partial charge in [0.2, 0.25) is 0 Å². The molecule has 0 aliphatic carbocycles. The zero-order valence-electron chi connectivity index (χ0n) is 8.94. The highest BCUT2D eigenvalue weighted by Crippen LogP contribution is 2.13. The summed E-state index contributed by atoms with van der Waals surface area (Å²) >= 11 is 0. The van der Waals surface area contributed by atoms with Gasteiger partial charge in [-0.15, -0.1) is 0 Å². The summed E-state index contributed by atoms with van der Waals surface area (Å²) in [6.45, 7) is 2.95. The van der Waals surface area contributed by atoms with Crippen LogP contribution in [0.3, 0.4) is 0 Å². The first kappa shape index (κ1) is 10.6. The van der Waals surface area contributed by atoms with Crippen molar-refractivity contribution < 1.29 is 5.11 Å². The molecule has 0 aromatic carbocycles. The molecule has 0 fully saturated rings. The number of hydrogen-bond acceptors (Lipinski definition) is 5. The molecule has 0 aliphatic rings. The molecule has 0 atom stereocenters. The number of hydrogen-bond donors (Lipinski definition) is 3. The van der Waals surface area contributed by atoms with Crippen molar-refractivity contribution >= 4 is 0 Å². The molecule has 84 valence electrons. The molecule has 0 aliphatic heterocycles. The van der Waals surface area contributed by atoms with Gasteiger partial charge in [-0.25, -0.2) is 4.98 Å². The van der Waals surface area contributed by atoms with E-state index in [1.54, 1.807) is 12.1 Å². The third-order valence-electron chi connectivity index (χ3n) is 2.14. The Bertz CT molecular complexity index is 454. The second-order valence-electron chi connectivity index (χ2n) is 3.45. The number of aromatic hydroxyl groups is 1. The van der Waals surface area contributed by atoms with E-state index in [-0.39, 0.29) is 5.75 Å². The summed E-state index contributed by atoms with van der Waals surface area (Å²) in [7, 11) is 0. The fourth-order valence-corrected chi connectivity index (χ4v) is 1.35. The molecule has 6 nitrogen and oxygen atoms in total. The molecule has 0 unspecified atom stereocenters. The second kappa shape index (κ2) is 4.71. The summed E-state index contributed by atoms with van der Waals surface area (Å²) < 4.78 is 0. The molecule has 0 amide bonds. The minimum absolute atomic E-state index is 0.204. The molecule has 2 heterocycles. The quantitative estimate of drug-likeness (QED) is 0.697. The van der Waals surface area contributed by atoms with Gasteiger partial charge in [-0.2, -0.15) is 5.10 Å². The molecule has 0 saturated heterocycles. The van der Waals surface area contributed by atoms with Crippen LogP contribution in [-0.2, 0) is 13.1 Å². The van der Waals surface area contributed by atoms with Crippen LogP contribution in [0.15, 0.2) is 18.5 Å². The third-order valence-corrected chi connectivity index (χ3v) is 2.14. The Labute approximate surface area is 92.8 Å². The van der Waals surface area contributed by atoms with Crippen LogP contribution in [0.25, 0.3) is 0 Å². The molecule has 16 heavy (non-hydrogen) atoms. The number of H-pyrrole nitrogens is 1. The number of aryl methyl sites for hydroxylation is 1. The first-order valence-corrected chi connectivity index (χ1v) is 4.96. The maximum absolute atomic E-state index is 9.55. The Morgan fingerprint density at radius 3 is 3.00 bits per heavy atom. The van der Waals surface area contributed by atoms with Gasteiger partial charge in [0, 0.05) is 12.2 Å². The molecule has 6 heteroatoms. The molecule has 0 bridgehead atoms. The summed E-state index contributed by atoms with van der Waals surface area (Å²) in [5.74, 6) is 0.961. The monoisotopic (exact) mass is 219 g/mol. The maximum atomic E-state index is 9.55. The van der Waals surface area contributed by atoms with Crippen LogP contribution in [0, 0.1) is 6.92 Å². The Hall–Kier alpha value is -1.95. The molecule has 0 saturated carbocycles. The average Bonchev–Trinajstić information content (AvgIpc) is 2.76. The number of aromatic nitrogens is 4. The fraction of sp³-hybridized carbons (Fsp3) is 0.300. The van der Waals surface area contributed by atoms with Gasteiger partial charge in [-0.05, 0) is 19.1 Å². The highest BCUT2D eigenvalue weighted by molar-refractivity contribution is 5.27. The lowest BCUT2D eigenvalue weighted by molar-refractivity contribution is 0.458. The Kier molecular flexibility index (Phi) is 3.11. The average molecular weight is 219 g/mol. The van der Waals surface area contributed by atoms with Gasteiger partial charge < -0.3 is 10.4 Å². The zero-order chi connectivity index (χ0) is 11.4. The minimum atomic E-state index is 0.204. The predicted octanol–water partition coefficient (Wildman–Crippen LogP) is 0.504. The number of rotatable bonds is 4. The van der Waals surface area contributed by atoms with Gasteiger partial charge in [-0.1, -0.05) is 0 Å². The van der Waals surface area contributed by atoms with Gasteiger partial charge in [0.15, 0.2) is 0 Å². The van der Waals surface area contributed by atoms with Crippen molar-refractivity contribution in [2.24, 2.45) is 0 Å². The van der Waals surface area contributed by atoms with E-state index in [1.165, 1.54) is 6.33 Å². The molecule has 2 rings (SSSR count). The molecule has 0 radical (unpaired) electrons. The van der Waals surface area contributed by atoms with E-state index in [0.717, 1.165) is 11.5 Å². The van der Waals surface area contributed by atoms with E-state index in [2.05, 4.69) is 25.5 Å². The van der Waals surface area contributed by atoms with Crippen LogP contribution in [-0.4, -0.2) is 25.3 Å². The highest BCUT2D eigenvalue weighted by Gasteiger charge is 2.03. The summed E-state index contributed by atoms with van der Waals surface area (Å²) in [6.07, 6.45) is 1.46.